The maximum absolute atomic E-state index is 9.18. The van der Waals surface area contributed by atoms with Gasteiger partial charge in [0, 0.05) is 5.56 Å². The van der Waals surface area contributed by atoms with E-state index in [0.29, 0.717) is 12.4 Å². The van der Waals surface area contributed by atoms with Gasteiger partial charge in [0.2, 0.25) is 0 Å². The van der Waals surface area contributed by atoms with Crippen molar-refractivity contribution in [1.82, 2.24) is 0 Å². The number of benzene rings is 2. The minimum Gasteiger partial charge on any atom is -0.508 e. The number of methoxy groups -OCH3 is 1. The fourth-order valence-electron chi connectivity index (χ4n) is 1.79. The van der Waals surface area contributed by atoms with Crippen LogP contribution in [0, 0.1) is 0 Å². The molecule has 0 saturated carbocycles. The van der Waals surface area contributed by atoms with Gasteiger partial charge in [-0.2, -0.15) is 0 Å². The topological polar surface area (TPSA) is 64.7 Å². The number of nitrogens with two attached hydrogens (primary N) is 1. The smallest absolute Gasteiger partial charge is 0.123 e. The molecule has 0 saturated heterocycles. The van der Waals surface area contributed by atoms with Crippen molar-refractivity contribution in [3.63, 3.8) is 0 Å². The maximum Gasteiger partial charge on any atom is 0.123 e. The molecule has 0 amide bonds. The molecule has 0 heterocycles. The van der Waals surface area contributed by atoms with E-state index >= 15 is 0 Å². The molecule has 0 aromatic heterocycles. The van der Waals surface area contributed by atoms with Gasteiger partial charge in [0.25, 0.3) is 0 Å². The van der Waals surface area contributed by atoms with Crippen molar-refractivity contribution in [3.05, 3.63) is 54.1 Å². The molecule has 0 aliphatic rings. The summed E-state index contributed by atoms with van der Waals surface area (Å²) in [6.45, 7) is 0.338. The highest BCUT2D eigenvalue weighted by atomic mass is 16.5. The van der Waals surface area contributed by atoms with Gasteiger partial charge in [0.1, 0.15) is 23.9 Å². The van der Waals surface area contributed by atoms with Crippen LogP contribution in [0.2, 0.25) is 0 Å². The molecule has 100 valence electrons. The highest BCUT2D eigenvalue weighted by molar-refractivity contribution is 5.36. The summed E-state index contributed by atoms with van der Waals surface area (Å²) >= 11 is 0. The van der Waals surface area contributed by atoms with E-state index in [1.165, 1.54) is 0 Å². The van der Waals surface area contributed by atoms with Gasteiger partial charge in [-0.1, -0.05) is 18.2 Å². The summed E-state index contributed by atoms with van der Waals surface area (Å²) in [5, 5.41) is 9.18. The second kappa shape index (κ2) is 6.11. The Morgan fingerprint density at radius 3 is 2.47 bits per heavy atom. The van der Waals surface area contributed by atoms with Crippen molar-refractivity contribution in [3.8, 4) is 17.2 Å². The number of rotatable bonds is 5. The summed E-state index contributed by atoms with van der Waals surface area (Å²) in [6, 6.07) is 13.9. The van der Waals surface area contributed by atoms with E-state index in [2.05, 4.69) is 0 Å². The van der Waals surface area contributed by atoms with Crippen LogP contribution in [0.3, 0.4) is 0 Å². The van der Waals surface area contributed by atoms with Gasteiger partial charge in [-0.3, -0.25) is 0 Å². The third-order valence-corrected chi connectivity index (χ3v) is 2.80. The number of phenolic OH excluding ortho intramolecular Hbond substituents is 1. The first-order chi connectivity index (χ1) is 9.20. The molecule has 0 bridgehead atoms. The van der Waals surface area contributed by atoms with Gasteiger partial charge < -0.3 is 20.3 Å². The molecule has 2 aromatic rings. The van der Waals surface area contributed by atoms with Crippen molar-refractivity contribution < 1.29 is 14.6 Å². The van der Waals surface area contributed by atoms with Crippen molar-refractivity contribution in [2.24, 2.45) is 5.73 Å². The summed E-state index contributed by atoms with van der Waals surface area (Å²) in [7, 11) is 1.62. The lowest BCUT2D eigenvalue weighted by molar-refractivity contribution is 0.286. The van der Waals surface area contributed by atoms with E-state index in [1.807, 2.05) is 24.3 Å². The zero-order valence-corrected chi connectivity index (χ0v) is 10.7. The normalized spacial score (nSPS) is 11.9. The van der Waals surface area contributed by atoms with Gasteiger partial charge in [-0.05, 0) is 30.3 Å². The number of hydrogen-bond acceptors (Lipinski definition) is 4. The molecule has 2 aromatic carbocycles. The number of aromatic hydroxyl groups is 1. The number of hydrogen-bond donors (Lipinski definition) is 2. The van der Waals surface area contributed by atoms with Gasteiger partial charge in [0.05, 0.1) is 13.2 Å². The molecule has 4 heteroatoms. The Kier molecular flexibility index (Phi) is 4.26. The van der Waals surface area contributed by atoms with Crippen molar-refractivity contribution in [2.75, 3.05) is 13.7 Å². The van der Waals surface area contributed by atoms with Crippen LogP contribution < -0.4 is 15.2 Å². The molecule has 0 aliphatic carbocycles. The Bertz CT molecular complexity index is 525. The zero-order valence-electron chi connectivity index (χ0n) is 10.7. The minimum atomic E-state index is -0.273. The highest BCUT2D eigenvalue weighted by Gasteiger charge is 2.11. The van der Waals surface area contributed by atoms with Crippen LogP contribution >= 0.6 is 0 Å². The van der Waals surface area contributed by atoms with E-state index < -0.39 is 0 Å². The van der Waals surface area contributed by atoms with Crippen molar-refractivity contribution in [1.29, 1.82) is 0 Å². The Morgan fingerprint density at radius 2 is 1.79 bits per heavy atom. The molecular weight excluding hydrogens is 242 g/mol. The second-order valence-electron chi connectivity index (χ2n) is 4.15. The molecule has 0 aliphatic heterocycles. The molecule has 2 rings (SSSR count). The van der Waals surface area contributed by atoms with Crippen LogP contribution in [0.1, 0.15) is 11.6 Å². The van der Waals surface area contributed by atoms with Crippen LogP contribution in [0.15, 0.2) is 48.5 Å². The molecule has 1 atom stereocenters. The second-order valence-corrected chi connectivity index (χ2v) is 4.15. The third kappa shape index (κ3) is 3.39. The first-order valence-electron chi connectivity index (χ1n) is 6.01. The van der Waals surface area contributed by atoms with Gasteiger partial charge in [0.15, 0.2) is 0 Å². The fraction of sp³-hybridized carbons (Fsp3) is 0.200. The van der Waals surface area contributed by atoms with E-state index in [4.69, 9.17) is 15.2 Å². The van der Waals surface area contributed by atoms with E-state index in [0.717, 1.165) is 11.3 Å². The average Bonchev–Trinajstić information content (AvgIpc) is 2.46. The lowest BCUT2D eigenvalue weighted by Crippen LogP contribution is -2.19. The SMILES string of the molecule is COc1ccccc1C(N)COc1ccc(O)cc1. The summed E-state index contributed by atoms with van der Waals surface area (Å²) in [5.41, 5.74) is 7.00. The number of phenols is 1. The predicted octanol–water partition coefficient (Wildman–Crippen LogP) is 2.48. The van der Waals surface area contributed by atoms with Crippen LogP contribution in [-0.2, 0) is 0 Å². The monoisotopic (exact) mass is 259 g/mol. The third-order valence-electron chi connectivity index (χ3n) is 2.80. The van der Waals surface area contributed by atoms with Gasteiger partial charge in [-0.15, -0.1) is 0 Å². The van der Waals surface area contributed by atoms with E-state index in [-0.39, 0.29) is 11.8 Å². The first-order valence-corrected chi connectivity index (χ1v) is 6.01. The van der Waals surface area contributed by atoms with E-state index in [1.54, 1.807) is 31.4 Å². The fourth-order valence-corrected chi connectivity index (χ4v) is 1.79. The Balaban J connectivity index is 2.01. The molecular formula is C15H17NO3. The molecule has 0 spiro atoms. The Hall–Kier alpha value is -2.20. The number of para-hydroxylation sites is 1. The summed E-state index contributed by atoms with van der Waals surface area (Å²) < 4.78 is 10.9. The van der Waals surface area contributed by atoms with Crippen LogP contribution in [0.5, 0.6) is 17.2 Å². The van der Waals surface area contributed by atoms with Crippen LogP contribution in [0.4, 0.5) is 0 Å². The predicted molar refractivity (Wildman–Crippen MR) is 73.5 cm³/mol. The minimum absolute atomic E-state index is 0.210. The lowest BCUT2D eigenvalue weighted by atomic mass is 10.1. The summed E-state index contributed by atoms with van der Waals surface area (Å²) in [4.78, 5) is 0. The number of ether oxygens (including phenoxy) is 2. The maximum atomic E-state index is 9.18. The Labute approximate surface area is 112 Å². The van der Waals surface area contributed by atoms with Crippen LogP contribution in [-0.4, -0.2) is 18.8 Å². The summed E-state index contributed by atoms with van der Waals surface area (Å²) in [6.07, 6.45) is 0. The first kappa shape index (κ1) is 13.2. The highest BCUT2D eigenvalue weighted by Crippen LogP contribution is 2.24. The van der Waals surface area contributed by atoms with Crippen molar-refractivity contribution >= 4 is 0 Å². The molecule has 3 N–H and O–H groups in total. The van der Waals surface area contributed by atoms with Crippen molar-refractivity contribution in [2.45, 2.75) is 6.04 Å². The zero-order chi connectivity index (χ0) is 13.7. The molecule has 4 nitrogen and oxygen atoms in total. The van der Waals surface area contributed by atoms with Crippen LogP contribution in [0.25, 0.3) is 0 Å². The quantitative estimate of drug-likeness (QED) is 0.865. The van der Waals surface area contributed by atoms with E-state index in [9.17, 15) is 5.11 Å². The molecule has 19 heavy (non-hydrogen) atoms. The Morgan fingerprint density at radius 1 is 1.11 bits per heavy atom. The van der Waals surface area contributed by atoms with Gasteiger partial charge in [-0.25, -0.2) is 0 Å². The largest absolute Gasteiger partial charge is 0.508 e. The molecule has 0 fully saturated rings. The standard InChI is InChI=1S/C15H17NO3/c1-18-15-5-3-2-4-13(15)14(16)10-19-12-8-6-11(17)7-9-12/h2-9,14,17H,10,16H2,1H3. The molecule has 1 unspecified atom stereocenters. The lowest BCUT2D eigenvalue weighted by Gasteiger charge is -2.16. The summed E-state index contributed by atoms with van der Waals surface area (Å²) in [5.74, 6) is 1.63. The van der Waals surface area contributed by atoms with Gasteiger partial charge >= 0.3 is 0 Å². The molecule has 0 radical (unpaired) electrons. The average molecular weight is 259 g/mol.